The fraction of sp³-hybridized carbons (Fsp3) is 0.136. The second kappa shape index (κ2) is 8.16. The third kappa shape index (κ3) is 4.38. The molecule has 164 valence electrons. The monoisotopic (exact) mass is 460 g/mol. The Morgan fingerprint density at radius 3 is 2.50 bits per heavy atom. The highest BCUT2D eigenvalue weighted by molar-refractivity contribution is 6.33. The summed E-state index contributed by atoms with van der Waals surface area (Å²) >= 11 is 5.91. The molecule has 4 aromatic rings. The number of nitrogens with zero attached hydrogens (tertiary/aromatic N) is 3. The molecule has 2 heterocycles. The smallest absolute Gasteiger partial charge is 0.323 e. The summed E-state index contributed by atoms with van der Waals surface area (Å²) in [7, 11) is 0. The molecule has 4 rings (SSSR count). The standard InChI is InChI=1S/C22H16ClF3N4O2/c1-13-2-4-14(5-3-13)17-11-19-21(32)29(8-9-30(19)28-17)12-20(31)27-18-10-15(22(24,25)26)6-7-16(18)23/h2-11H,12H2,1H3,(H,27,31). The Morgan fingerprint density at radius 2 is 1.81 bits per heavy atom. The van der Waals surface area contributed by atoms with Crippen LogP contribution in [0.5, 0.6) is 0 Å². The third-order valence-corrected chi connectivity index (χ3v) is 5.16. The van der Waals surface area contributed by atoms with Crippen molar-refractivity contribution in [3.05, 3.63) is 87.4 Å². The molecule has 2 aromatic heterocycles. The van der Waals surface area contributed by atoms with E-state index in [0.717, 1.165) is 33.9 Å². The van der Waals surface area contributed by atoms with Crippen molar-refractivity contribution in [2.24, 2.45) is 0 Å². The molecule has 0 aliphatic carbocycles. The Morgan fingerprint density at radius 1 is 1.09 bits per heavy atom. The molecule has 0 fully saturated rings. The Kier molecular flexibility index (Phi) is 5.52. The van der Waals surface area contributed by atoms with E-state index in [9.17, 15) is 22.8 Å². The largest absolute Gasteiger partial charge is 0.416 e. The highest BCUT2D eigenvalue weighted by Crippen LogP contribution is 2.33. The first-order chi connectivity index (χ1) is 15.1. The van der Waals surface area contributed by atoms with Crippen molar-refractivity contribution in [2.75, 3.05) is 5.32 Å². The molecule has 0 bridgehead atoms. The number of nitrogens with one attached hydrogen (secondary N) is 1. The van der Waals surface area contributed by atoms with Gasteiger partial charge in [0.15, 0.2) is 0 Å². The molecule has 1 N–H and O–H groups in total. The van der Waals surface area contributed by atoms with Gasteiger partial charge in [0.1, 0.15) is 12.1 Å². The molecule has 10 heteroatoms. The number of alkyl halides is 3. The van der Waals surface area contributed by atoms with E-state index >= 15 is 0 Å². The molecule has 0 saturated carbocycles. The van der Waals surface area contributed by atoms with Crippen LogP contribution in [0.25, 0.3) is 16.8 Å². The molecule has 0 radical (unpaired) electrons. The third-order valence-electron chi connectivity index (χ3n) is 4.83. The number of amides is 1. The van der Waals surface area contributed by atoms with Crippen LogP contribution in [-0.4, -0.2) is 20.1 Å². The molecule has 0 spiro atoms. The lowest BCUT2D eigenvalue weighted by molar-refractivity contribution is -0.137. The summed E-state index contributed by atoms with van der Waals surface area (Å²) in [6.45, 7) is 1.55. The summed E-state index contributed by atoms with van der Waals surface area (Å²) in [6, 6.07) is 11.9. The van der Waals surface area contributed by atoms with E-state index < -0.39 is 29.8 Å². The first-order valence-electron chi connectivity index (χ1n) is 9.44. The topological polar surface area (TPSA) is 68.4 Å². The summed E-state index contributed by atoms with van der Waals surface area (Å²) in [5.74, 6) is -0.698. The maximum Gasteiger partial charge on any atom is 0.416 e. The lowest BCUT2D eigenvalue weighted by Gasteiger charge is -2.12. The van der Waals surface area contributed by atoms with Crippen LogP contribution >= 0.6 is 11.6 Å². The van der Waals surface area contributed by atoms with Gasteiger partial charge in [0.2, 0.25) is 5.91 Å². The van der Waals surface area contributed by atoms with Gasteiger partial charge in [-0.05, 0) is 31.2 Å². The lowest BCUT2D eigenvalue weighted by atomic mass is 10.1. The van der Waals surface area contributed by atoms with Crippen LogP contribution in [0.2, 0.25) is 5.02 Å². The van der Waals surface area contributed by atoms with E-state index in [-0.39, 0.29) is 16.2 Å². The molecule has 32 heavy (non-hydrogen) atoms. The normalized spacial score (nSPS) is 11.7. The van der Waals surface area contributed by atoms with Gasteiger partial charge in [-0.3, -0.25) is 9.59 Å². The number of hydrogen-bond acceptors (Lipinski definition) is 3. The van der Waals surface area contributed by atoms with E-state index in [4.69, 9.17) is 11.6 Å². The van der Waals surface area contributed by atoms with E-state index in [1.165, 1.54) is 16.9 Å². The molecule has 0 unspecified atom stereocenters. The first kappa shape index (κ1) is 21.6. The molecule has 6 nitrogen and oxygen atoms in total. The quantitative estimate of drug-likeness (QED) is 0.476. The van der Waals surface area contributed by atoms with Gasteiger partial charge in [0.25, 0.3) is 5.56 Å². The fourth-order valence-electron chi connectivity index (χ4n) is 3.16. The highest BCUT2D eigenvalue weighted by atomic mass is 35.5. The predicted octanol–water partition coefficient (Wildman–Crippen LogP) is 4.78. The van der Waals surface area contributed by atoms with Crippen molar-refractivity contribution in [1.29, 1.82) is 0 Å². The minimum absolute atomic E-state index is 0.0484. The van der Waals surface area contributed by atoms with Crippen LogP contribution in [0.4, 0.5) is 18.9 Å². The minimum atomic E-state index is -4.58. The van der Waals surface area contributed by atoms with Gasteiger partial charge >= 0.3 is 6.18 Å². The number of rotatable bonds is 4. The van der Waals surface area contributed by atoms with E-state index in [2.05, 4.69) is 10.4 Å². The Labute approximate surface area is 184 Å². The number of aryl methyl sites for hydroxylation is 1. The number of halogens is 4. The molecule has 0 aliphatic rings. The van der Waals surface area contributed by atoms with Crippen LogP contribution < -0.4 is 10.9 Å². The summed E-state index contributed by atoms with van der Waals surface area (Å²) < 4.78 is 41.3. The number of aromatic nitrogens is 3. The minimum Gasteiger partial charge on any atom is -0.323 e. The van der Waals surface area contributed by atoms with Crippen molar-refractivity contribution in [2.45, 2.75) is 19.6 Å². The lowest BCUT2D eigenvalue weighted by Crippen LogP contribution is -2.28. The highest BCUT2D eigenvalue weighted by Gasteiger charge is 2.31. The maximum absolute atomic E-state index is 12.9. The van der Waals surface area contributed by atoms with Gasteiger partial charge in [-0.1, -0.05) is 41.4 Å². The SMILES string of the molecule is Cc1ccc(-c2cc3c(=O)n(CC(=O)Nc4cc(C(F)(F)F)ccc4Cl)ccn3n2)cc1. The van der Waals surface area contributed by atoms with Crippen LogP contribution in [-0.2, 0) is 17.5 Å². The van der Waals surface area contributed by atoms with Crippen LogP contribution in [0.15, 0.2) is 65.7 Å². The Hall–Kier alpha value is -3.59. The van der Waals surface area contributed by atoms with Crippen molar-refractivity contribution >= 4 is 28.7 Å². The maximum atomic E-state index is 12.9. The summed E-state index contributed by atoms with van der Waals surface area (Å²) in [4.78, 5) is 25.2. The molecule has 2 aromatic carbocycles. The van der Waals surface area contributed by atoms with Crippen molar-refractivity contribution in [3.63, 3.8) is 0 Å². The molecule has 0 aliphatic heterocycles. The number of carbonyl (C=O) groups excluding carboxylic acids is 1. The van der Waals surface area contributed by atoms with Crippen molar-refractivity contribution < 1.29 is 18.0 Å². The average Bonchev–Trinajstić information content (AvgIpc) is 3.16. The molecule has 0 saturated heterocycles. The summed E-state index contributed by atoms with van der Waals surface area (Å²) in [5.41, 5.74) is 1.18. The number of benzene rings is 2. The van der Waals surface area contributed by atoms with E-state index in [1.807, 2.05) is 31.2 Å². The number of carbonyl (C=O) groups is 1. The predicted molar refractivity (Wildman–Crippen MR) is 115 cm³/mol. The summed E-state index contributed by atoms with van der Waals surface area (Å²) in [5, 5.41) is 6.67. The summed E-state index contributed by atoms with van der Waals surface area (Å²) in [6.07, 6.45) is -1.67. The van der Waals surface area contributed by atoms with Gasteiger partial charge in [-0.15, -0.1) is 0 Å². The van der Waals surface area contributed by atoms with Gasteiger partial charge in [-0.25, -0.2) is 4.52 Å². The van der Waals surface area contributed by atoms with E-state index in [0.29, 0.717) is 5.69 Å². The molecular formula is C22H16ClF3N4O2. The second-order valence-corrected chi connectivity index (χ2v) is 7.60. The van der Waals surface area contributed by atoms with Gasteiger partial charge in [0.05, 0.1) is 22.0 Å². The zero-order valence-electron chi connectivity index (χ0n) is 16.7. The van der Waals surface area contributed by atoms with Crippen LogP contribution in [0.3, 0.4) is 0 Å². The number of fused-ring (bicyclic) bond motifs is 1. The molecular weight excluding hydrogens is 445 g/mol. The van der Waals surface area contributed by atoms with E-state index in [1.54, 1.807) is 6.07 Å². The Bertz CT molecular complexity index is 1370. The van der Waals surface area contributed by atoms with Crippen molar-refractivity contribution in [3.8, 4) is 11.3 Å². The molecule has 0 atom stereocenters. The number of hydrogen-bond donors (Lipinski definition) is 1. The second-order valence-electron chi connectivity index (χ2n) is 7.20. The van der Waals surface area contributed by atoms with Crippen LogP contribution in [0.1, 0.15) is 11.1 Å². The fourth-order valence-corrected chi connectivity index (χ4v) is 3.32. The molecule has 1 amide bonds. The van der Waals surface area contributed by atoms with Crippen molar-refractivity contribution in [1.82, 2.24) is 14.2 Å². The first-order valence-corrected chi connectivity index (χ1v) is 9.82. The Balaban J connectivity index is 1.58. The van der Waals surface area contributed by atoms with Crippen LogP contribution in [0, 0.1) is 6.92 Å². The zero-order valence-corrected chi connectivity index (χ0v) is 17.4. The number of anilines is 1. The zero-order chi connectivity index (χ0) is 23.0. The van der Waals surface area contributed by atoms with Gasteiger partial charge in [-0.2, -0.15) is 18.3 Å². The van der Waals surface area contributed by atoms with Gasteiger partial charge < -0.3 is 9.88 Å². The van der Waals surface area contributed by atoms with Gasteiger partial charge in [0, 0.05) is 18.0 Å². The average molecular weight is 461 g/mol.